The van der Waals surface area contributed by atoms with E-state index in [9.17, 15) is 193 Å². The Morgan fingerprint density at radius 1 is 0.261 bits per heavy atom. The third-order valence-electron chi connectivity index (χ3n) is 14.3. The van der Waals surface area contributed by atoms with Gasteiger partial charge in [0.1, 0.15) is 46.5 Å². The average molecular weight is 2000 g/mol. The predicted octanol–water partition coefficient (Wildman–Crippen LogP) is 12.0. The number of carbonyl (C=O) groups excluding carboxylic acids is 8. The maximum atomic E-state index is 13.2. The van der Waals surface area contributed by atoms with Gasteiger partial charge in [-0.15, -0.1) is 0 Å². The first-order chi connectivity index (χ1) is 63.9. The van der Waals surface area contributed by atoms with Crippen molar-refractivity contribution in [3.8, 4) is 0 Å². The smallest absolute Gasteiger partial charge is 0.434 e. The lowest BCUT2D eigenvalue weighted by atomic mass is 10.1. The molecule has 0 saturated carbocycles. The van der Waals surface area contributed by atoms with Crippen LogP contribution in [0.5, 0.6) is 0 Å². The normalized spacial score (nSPS) is 12.2. The van der Waals surface area contributed by atoms with Gasteiger partial charge in [-0.1, -0.05) is 149 Å². The molecule has 8 aromatic carbocycles. The van der Waals surface area contributed by atoms with Crippen molar-refractivity contribution >= 4 is 93.8 Å². The number of benzene rings is 8. The van der Waals surface area contributed by atoms with Crippen LogP contribution in [-0.4, -0.2) is 138 Å². The van der Waals surface area contributed by atoms with Gasteiger partial charge in [0.15, 0.2) is 13.2 Å². The van der Waals surface area contributed by atoms with Crippen molar-refractivity contribution in [2.75, 3.05) is 40.6 Å². The first kappa shape index (κ1) is 120. The molecule has 0 heterocycles. The van der Waals surface area contributed by atoms with Crippen molar-refractivity contribution < 1.29 is 231 Å². The Hall–Kier alpha value is -16.0. The van der Waals surface area contributed by atoms with Gasteiger partial charge in [0.25, 0.3) is 12.2 Å². The van der Waals surface area contributed by atoms with Gasteiger partial charge in [0, 0.05) is 54.2 Å². The van der Waals surface area contributed by atoms with Crippen molar-refractivity contribution in [1.29, 1.82) is 0 Å². The van der Waals surface area contributed by atoms with Gasteiger partial charge >= 0.3 is 84.8 Å². The summed E-state index contributed by atoms with van der Waals surface area (Å²) >= 11 is 0. The molecule has 0 aromatic heterocycles. The molecule has 8 aromatic rings. The van der Waals surface area contributed by atoms with Crippen LogP contribution in [0, 0.1) is 46.5 Å². The number of esters is 8. The standard InChI is InChI=1S/2C12H7F7O3.2C11H8F4O3.2C11H11FO3.2C10H9FO3/c13-7-3-1-2-6(4-7)8(20)5-9(21)22-10(11(14,15)16)12(17,18)19;13-7-4-2-1-3-6(7)8(20)5-9(21)22-10(11(14,15)16)12(17,18)19;12-8-3-1-7(2-4-8)9(16)5-10(17)18-6-11(13,14)15;12-8-3-1-2-7(4-8)9(16)5-10(17)18-6-11(13,14)15;1-2-15-11(14)7-10(13)8-3-5-9(12)6-4-8;1-2-15-11(14)7-10(13)8-4-3-5-9(12)6-8;1-14-10(13)6-9(12)7-2-4-8(11)5-3-7;1-14-10(13)6-9(12)7-3-2-4-8(11)5-7/h2*1-5,10,20H;2*1-5,16H,6H2;2*3-7,13H,2H2,1H3;2*2-6,12H,1H3/p-8. The quantitative estimate of drug-likeness (QED) is 0.0200. The van der Waals surface area contributed by atoms with Crippen molar-refractivity contribution in [3.05, 3.63) is 334 Å². The molecule has 0 fully saturated rings. The summed E-state index contributed by atoms with van der Waals surface area (Å²) in [7, 11) is 2.34. The summed E-state index contributed by atoms with van der Waals surface area (Å²) in [6.07, 6.45) is -38.0. The Bertz CT molecular complexity index is 5550. The second-order valence-electron chi connectivity index (χ2n) is 24.9. The van der Waals surface area contributed by atoms with E-state index in [4.69, 9.17) is 0 Å². The van der Waals surface area contributed by atoms with E-state index >= 15 is 0 Å². The molecule has 0 saturated heterocycles. The van der Waals surface area contributed by atoms with E-state index in [0.29, 0.717) is 18.2 Å². The molecule has 50 heteroatoms. The highest BCUT2D eigenvalue weighted by atomic mass is 19.4. The number of halogens is 26. The van der Waals surface area contributed by atoms with Crippen molar-refractivity contribution in [3.63, 3.8) is 0 Å². The van der Waals surface area contributed by atoms with Crippen molar-refractivity contribution in [2.24, 2.45) is 0 Å². The van der Waals surface area contributed by atoms with E-state index in [-0.39, 0.29) is 58.7 Å². The largest absolute Gasteiger partial charge is 0.872 e. The number of carbonyl (C=O) groups is 8. The fourth-order valence-corrected chi connectivity index (χ4v) is 8.40. The minimum atomic E-state index is -5.90. The number of methoxy groups -OCH3 is 2. The van der Waals surface area contributed by atoms with E-state index in [1.165, 1.54) is 92.0 Å². The van der Waals surface area contributed by atoms with Crippen LogP contribution in [0.2, 0.25) is 0 Å². The number of hydrogen-bond donors (Lipinski definition) is 0. The predicted molar refractivity (Wildman–Crippen MR) is 410 cm³/mol. The molecule has 0 N–H and O–H groups in total. The first-order valence-electron chi connectivity index (χ1n) is 36.7. The first-order valence-corrected chi connectivity index (χ1v) is 36.7. The Kier molecular flexibility index (Phi) is 50.1. The van der Waals surface area contributed by atoms with Crippen LogP contribution in [0.25, 0.3) is 46.1 Å². The highest BCUT2D eigenvalue weighted by Gasteiger charge is 2.61. The van der Waals surface area contributed by atoms with E-state index in [1.807, 2.05) is 0 Å². The molecule has 748 valence electrons. The van der Waals surface area contributed by atoms with Crippen LogP contribution < -0.4 is 40.9 Å². The molecule has 24 nitrogen and oxygen atoms in total. The van der Waals surface area contributed by atoms with Gasteiger partial charge in [-0.05, 0) is 144 Å². The fraction of sp³-hybridized carbons (Fsp3) is 0.182. The lowest BCUT2D eigenvalue weighted by Crippen LogP contribution is -2.45. The molecular formula is C88H62F26O24-8. The van der Waals surface area contributed by atoms with Gasteiger partial charge in [-0.3, -0.25) is 0 Å². The molecule has 0 aliphatic heterocycles. The maximum absolute atomic E-state index is 13.2. The minimum absolute atomic E-state index is 0.0274. The van der Waals surface area contributed by atoms with E-state index in [1.54, 1.807) is 13.8 Å². The fourth-order valence-electron chi connectivity index (χ4n) is 8.40. The SMILES string of the molecule is CCOC(=O)C=C([O-])c1ccc(F)cc1.CCOC(=O)C=C([O-])c1cccc(F)c1.COC(=O)C=C([O-])c1ccc(F)cc1.COC(=O)C=C([O-])c1cccc(F)c1.O=C(C=C([O-])c1ccc(F)cc1)OCC(F)(F)F.O=C(C=C([O-])c1cccc(F)c1)OC(C(F)(F)F)C(F)(F)F.O=C(C=C([O-])c1cccc(F)c1)OCC(F)(F)F.O=C(C=C([O-])c1ccccc1F)OC(C(F)(F)F)C(F)(F)F. The topological polar surface area (TPSA) is 395 Å². The summed E-state index contributed by atoms with van der Waals surface area (Å²) in [5, 5.41) is 90.7. The zero-order valence-corrected chi connectivity index (χ0v) is 69.7. The van der Waals surface area contributed by atoms with Crippen LogP contribution in [0.15, 0.2) is 243 Å². The van der Waals surface area contributed by atoms with Crippen LogP contribution in [0.3, 0.4) is 0 Å². The van der Waals surface area contributed by atoms with Gasteiger partial charge in [0.2, 0.25) is 0 Å². The summed E-state index contributed by atoms with van der Waals surface area (Å²) < 4.78 is 349. The summed E-state index contributed by atoms with van der Waals surface area (Å²) in [6, 6.07) is 36.4. The van der Waals surface area contributed by atoms with Crippen LogP contribution >= 0.6 is 0 Å². The van der Waals surface area contributed by atoms with Crippen molar-refractivity contribution in [2.45, 2.75) is 63.1 Å². The summed E-state index contributed by atoms with van der Waals surface area (Å²) in [4.78, 5) is 87.0. The maximum Gasteiger partial charge on any atom is 0.434 e. The second kappa shape index (κ2) is 57.6. The summed E-state index contributed by atoms with van der Waals surface area (Å²) in [6.45, 7) is 0.155. The third-order valence-corrected chi connectivity index (χ3v) is 14.3. The minimum Gasteiger partial charge on any atom is -0.872 e. The lowest BCUT2D eigenvalue weighted by Gasteiger charge is -2.22. The van der Waals surface area contributed by atoms with E-state index in [0.717, 1.165) is 135 Å². The van der Waals surface area contributed by atoms with Gasteiger partial charge < -0.3 is 78.7 Å². The molecule has 0 amide bonds. The molecule has 138 heavy (non-hydrogen) atoms. The van der Waals surface area contributed by atoms with E-state index in [2.05, 4.69) is 37.9 Å². The summed E-state index contributed by atoms with van der Waals surface area (Å²) in [5.41, 5.74) is -0.568. The number of rotatable bonds is 22. The number of hydrogen-bond acceptors (Lipinski definition) is 24. The third kappa shape index (κ3) is 50.8. The highest BCUT2D eigenvalue weighted by molar-refractivity contribution is 5.93. The second-order valence-corrected chi connectivity index (χ2v) is 24.9. The molecule has 0 atom stereocenters. The molecule has 8 rings (SSSR count). The number of alkyl halides is 18. The average Bonchev–Trinajstić information content (AvgIpc) is 0.821. The Morgan fingerprint density at radius 2 is 0.478 bits per heavy atom. The summed E-state index contributed by atoms with van der Waals surface area (Å²) in [5.74, 6) is -21.8. The van der Waals surface area contributed by atoms with Crippen LogP contribution in [-0.2, 0) is 76.3 Å². The monoisotopic (exact) mass is 2000 g/mol. The Balaban J connectivity index is 0.000000793. The number of ether oxygens (including phenoxy) is 8. The molecule has 0 aliphatic rings. The molecule has 0 unspecified atom stereocenters. The Labute approximate surface area is 760 Å². The zero-order chi connectivity index (χ0) is 105. The van der Waals surface area contributed by atoms with Crippen LogP contribution in [0.1, 0.15) is 58.4 Å². The van der Waals surface area contributed by atoms with E-state index < -0.39 is 214 Å². The van der Waals surface area contributed by atoms with Gasteiger partial charge in [0.05, 0.1) is 27.4 Å². The zero-order valence-electron chi connectivity index (χ0n) is 69.7. The van der Waals surface area contributed by atoms with Gasteiger partial charge in [-0.25, -0.2) is 73.5 Å². The Morgan fingerprint density at radius 3 is 0.696 bits per heavy atom. The molecule has 0 bridgehead atoms. The van der Waals surface area contributed by atoms with Gasteiger partial charge in [-0.2, -0.15) is 79.0 Å². The van der Waals surface area contributed by atoms with Crippen LogP contribution in [0.4, 0.5) is 114 Å². The highest BCUT2D eigenvalue weighted by Crippen LogP contribution is 2.38. The molecule has 0 radical (unpaired) electrons. The molecule has 0 spiro atoms. The molecular weight excluding hydrogens is 1930 g/mol. The van der Waals surface area contributed by atoms with Crippen molar-refractivity contribution in [1.82, 2.24) is 0 Å². The lowest BCUT2D eigenvalue weighted by molar-refractivity contribution is -0.312. The molecule has 0 aliphatic carbocycles.